The highest BCUT2D eigenvalue weighted by Gasteiger charge is 2.19. The topological polar surface area (TPSA) is 67.8 Å². The van der Waals surface area contributed by atoms with Crippen LogP contribution in [0.2, 0.25) is 0 Å². The highest BCUT2D eigenvalue weighted by atomic mass is 32.2. The molecule has 0 spiro atoms. The quantitative estimate of drug-likeness (QED) is 0.445. The van der Waals surface area contributed by atoms with Gasteiger partial charge in [0.25, 0.3) is 0 Å². The maximum Gasteiger partial charge on any atom is 0.240 e. The molecule has 1 unspecified atom stereocenters. The molecule has 7 heteroatoms. The van der Waals surface area contributed by atoms with Crippen LogP contribution in [0, 0.1) is 12.7 Å². The van der Waals surface area contributed by atoms with Crippen molar-refractivity contribution < 1.29 is 17.6 Å². The van der Waals surface area contributed by atoms with Crippen molar-refractivity contribution in [2.24, 2.45) is 5.16 Å². The zero-order valence-electron chi connectivity index (χ0n) is 15.8. The second-order valence-corrected chi connectivity index (χ2v) is 8.22. The van der Waals surface area contributed by atoms with E-state index in [1.54, 1.807) is 36.4 Å². The molecule has 0 aliphatic heterocycles. The summed E-state index contributed by atoms with van der Waals surface area (Å²) in [5.74, 6) is -0.337. The molecular weight excluding hydrogens is 391 g/mol. The number of hydrogen-bond donors (Lipinski definition) is 1. The van der Waals surface area contributed by atoms with E-state index in [1.807, 2.05) is 37.3 Å². The number of rotatable bonds is 8. The molecule has 0 aliphatic rings. The summed E-state index contributed by atoms with van der Waals surface area (Å²) < 4.78 is 40.7. The van der Waals surface area contributed by atoms with Crippen molar-refractivity contribution in [2.75, 3.05) is 6.54 Å². The van der Waals surface area contributed by atoms with Crippen LogP contribution in [-0.4, -0.2) is 21.2 Å². The van der Waals surface area contributed by atoms with Gasteiger partial charge >= 0.3 is 0 Å². The van der Waals surface area contributed by atoms with Crippen molar-refractivity contribution >= 4 is 16.2 Å². The van der Waals surface area contributed by atoms with Gasteiger partial charge in [-0.1, -0.05) is 65.3 Å². The Kier molecular flexibility index (Phi) is 6.74. The molecule has 0 bridgehead atoms. The maximum absolute atomic E-state index is 13.0. The van der Waals surface area contributed by atoms with E-state index in [0.29, 0.717) is 5.56 Å². The number of nitrogens with one attached hydrogen (secondary N) is 1. The van der Waals surface area contributed by atoms with E-state index in [0.717, 1.165) is 11.1 Å². The number of sulfonamides is 1. The van der Waals surface area contributed by atoms with Crippen molar-refractivity contribution in [1.29, 1.82) is 0 Å². The first kappa shape index (κ1) is 20.7. The number of benzene rings is 3. The molecule has 0 amide bonds. The van der Waals surface area contributed by atoms with Gasteiger partial charge in [-0.15, -0.1) is 0 Å². The second-order valence-electron chi connectivity index (χ2n) is 6.46. The van der Waals surface area contributed by atoms with Gasteiger partial charge in [-0.25, -0.2) is 17.5 Å². The molecule has 3 aromatic rings. The molecule has 0 fully saturated rings. The van der Waals surface area contributed by atoms with Crippen molar-refractivity contribution in [3.05, 3.63) is 101 Å². The van der Waals surface area contributed by atoms with Crippen molar-refractivity contribution in [3.63, 3.8) is 0 Å². The smallest absolute Gasteiger partial charge is 0.240 e. The zero-order chi connectivity index (χ0) is 20.7. The predicted octanol–water partition coefficient (Wildman–Crippen LogP) is 4.20. The van der Waals surface area contributed by atoms with E-state index in [-0.39, 0.29) is 17.3 Å². The minimum Gasteiger partial charge on any atom is -0.386 e. The molecule has 150 valence electrons. The molecule has 3 rings (SSSR count). The Morgan fingerprint density at radius 2 is 1.66 bits per heavy atom. The average Bonchev–Trinajstić information content (AvgIpc) is 2.73. The van der Waals surface area contributed by atoms with Crippen LogP contribution in [-0.2, 0) is 14.9 Å². The lowest BCUT2D eigenvalue weighted by atomic mass is 10.1. The zero-order valence-corrected chi connectivity index (χ0v) is 16.6. The molecule has 0 heterocycles. The van der Waals surface area contributed by atoms with Gasteiger partial charge in [0.1, 0.15) is 5.82 Å². The Morgan fingerprint density at radius 1 is 1.00 bits per heavy atom. The first-order valence-electron chi connectivity index (χ1n) is 9.00. The van der Waals surface area contributed by atoms with E-state index in [2.05, 4.69) is 9.88 Å². The number of aryl methyl sites for hydroxylation is 1. The van der Waals surface area contributed by atoms with Gasteiger partial charge < -0.3 is 4.84 Å². The molecule has 1 atom stereocenters. The second kappa shape index (κ2) is 9.45. The molecule has 5 nitrogen and oxygen atoms in total. The van der Waals surface area contributed by atoms with Gasteiger partial charge in [-0.2, -0.15) is 0 Å². The summed E-state index contributed by atoms with van der Waals surface area (Å²) in [7, 11) is -3.69. The molecule has 29 heavy (non-hydrogen) atoms. The third-order valence-corrected chi connectivity index (χ3v) is 5.66. The van der Waals surface area contributed by atoms with Crippen molar-refractivity contribution in [3.8, 4) is 0 Å². The summed E-state index contributed by atoms with van der Waals surface area (Å²) in [4.78, 5) is 5.75. The number of nitrogens with zero attached hydrogens (tertiary/aromatic N) is 1. The summed E-state index contributed by atoms with van der Waals surface area (Å²) in [6.07, 6.45) is 0.817. The fourth-order valence-corrected chi connectivity index (χ4v) is 3.62. The van der Waals surface area contributed by atoms with Crippen LogP contribution >= 0.6 is 0 Å². The minimum atomic E-state index is -3.69. The van der Waals surface area contributed by atoms with Crippen LogP contribution in [0.4, 0.5) is 4.39 Å². The van der Waals surface area contributed by atoms with Crippen LogP contribution in [0.15, 0.2) is 88.9 Å². The Bertz CT molecular complexity index is 1050. The molecule has 0 radical (unpaired) electrons. The Balaban J connectivity index is 1.72. The van der Waals surface area contributed by atoms with E-state index in [4.69, 9.17) is 4.84 Å². The highest BCUT2D eigenvalue weighted by Crippen LogP contribution is 2.18. The lowest BCUT2D eigenvalue weighted by molar-refractivity contribution is 0.0634. The van der Waals surface area contributed by atoms with Gasteiger partial charge in [0.05, 0.1) is 17.7 Å². The van der Waals surface area contributed by atoms with Crippen LogP contribution in [0.5, 0.6) is 0 Å². The Morgan fingerprint density at radius 3 is 2.31 bits per heavy atom. The summed E-state index contributed by atoms with van der Waals surface area (Å²) in [6.45, 7) is 1.89. The van der Waals surface area contributed by atoms with Gasteiger partial charge in [0.15, 0.2) is 6.10 Å². The lowest BCUT2D eigenvalue weighted by Gasteiger charge is -2.16. The van der Waals surface area contributed by atoms with E-state index < -0.39 is 16.1 Å². The Hall–Kier alpha value is -3.03. The fraction of sp³-hybridized carbons (Fsp3) is 0.136. The summed E-state index contributed by atoms with van der Waals surface area (Å²) in [5.41, 5.74) is 2.42. The lowest BCUT2D eigenvalue weighted by Crippen LogP contribution is -2.29. The number of hydrogen-bond acceptors (Lipinski definition) is 4. The number of oxime groups is 1. The molecular formula is C22H21FN2O3S. The molecule has 0 saturated carbocycles. The first-order chi connectivity index (χ1) is 13.9. The van der Waals surface area contributed by atoms with Crippen LogP contribution in [0.3, 0.4) is 0 Å². The van der Waals surface area contributed by atoms with E-state index in [1.165, 1.54) is 18.3 Å². The van der Waals surface area contributed by atoms with E-state index >= 15 is 0 Å². The van der Waals surface area contributed by atoms with Crippen LogP contribution < -0.4 is 4.72 Å². The minimum absolute atomic E-state index is 0.000973. The van der Waals surface area contributed by atoms with Gasteiger partial charge in [0.2, 0.25) is 10.0 Å². The highest BCUT2D eigenvalue weighted by molar-refractivity contribution is 7.89. The fourth-order valence-electron chi connectivity index (χ4n) is 2.58. The van der Waals surface area contributed by atoms with Crippen LogP contribution in [0.1, 0.15) is 22.8 Å². The monoisotopic (exact) mass is 412 g/mol. The maximum atomic E-state index is 13.0. The molecule has 0 saturated heterocycles. The number of halogens is 1. The van der Waals surface area contributed by atoms with E-state index in [9.17, 15) is 12.8 Å². The SMILES string of the molecule is Cc1ccc(S(=O)(=O)NCC(O/N=C/c2ccc(F)cc2)c2ccccc2)cc1. The summed E-state index contributed by atoms with van der Waals surface area (Å²) in [6, 6.07) is 21.6. The van der Waals surface area contributed by atoms with Crippen molar-refractivity contribution in [1.82, 2.24) is 4.72 Å². The molecule has 1 N–H and O–H groups in total. The van der Waals surface area contributed by atoms with Crippen molar-refractivity contribution in [2.45, 2.75) is 17.9 Å². The molecule has 3 aromatic carbocycles. The summed E-state index contributed by atoms with van der Waals surface area (Å²) in [5, 5.41) is 3.95. The molecule has 0 aromatic heterocycles. The third-order valence-electron chi connectivity index (χ3n) is 4.22. The summed E-state index contributed by atoms with van der Waals surface area (Å²) >= 11 is 0. The van der Waals surface area contributed by atoms with Gasteiger partial charge in [-0.05, 0) is 42.3 Å². The standard InChI is InChI=1S/C22H21FN2O3S/c1-17-7-13-21(14-8-17)29(26,27)25-16-22(19-5-3-2-4-6-19)28-24-15-18-9-11-20(23)12-10-18/h2-15,22,25H,16H2,1H3/b24-15+. The molecule has 0 aliphatic carbocycles. The Labute approximate surface area is 169 Å². The van der Waals surface area contributed by atoms with Gasteiger partial charge in [0, 0.05) is 0 Å². The average molecular weight is 412 g/mol. The normalized spacial score (nSPS) is 12.8. The van der Waals surface area contributed by atoms with Crippen LogP contribution in [0.25, 0.3) is 0 Å². The predicted molar refractivity (Wildman–Crippen MR) is 111 cm³/mol. The first-order valence-corrected chi connectivity index (χ1v) is 10.5. The third kappa shape index (κ3) is 5.97. The largest absolute Gasteiger partial charge is 0.386 e. The van der Waals surface area contributed by atoms with Gasteiger partial charge in [-0.3, -0.25) is 0 Å².